The van der Waals surface area contributed by atoms with Crippen LogP contribution in [0.2, 0.25) is 0 Å². The molecule has 18 heavy (non-hydrogen) atoms. The average Bonchev–Trinajstić information content (AvgIpc) is 2.66. The van der Waals surface area contributed by atoms with Crippen molar-refractivity contribution in [1.82, 2.24) is 9.55 Å². The zero-order valence-electron chi connectivity index (χ0n) is 11.4. The Kier molecular flexibility index (Phi) is 4.28. The van der Waals surface area contributed by atoms with E-state index in [1.807, 2.05) is 0 Å². The number of rotatable bonds is 5. The topological polar surface area (TPSA) is 17.8 Å². The minimum Gasteiger partial charge on any atom is -0.327 e. The van der Waals surface area contributed by atoms with Gasteiger partial charge in [0.15, 0.2) is 0 Å². The Bertz CT molecular complexity index is 529. The lowest BCUT2D eigenvalue weighted by Crippen LogP contribution is -2.03. The van der Waals surface area contributed by atoms with Gasteiger partial charge in [-0.05, 0) is 43.4 Å². The monoisotopic (exact) mass is 264 g/mol. The Morgan fingerprint density at radius 2 is 2.11 bits per heavy atom. The molecular weight excluding hydrogens is 244 g/mol. The van der Waals surface area contributed by atoms with E-state index in [-0.39, 0.29) is 0 Å². The molecule has 0 amide bonds. The Balaban J connectivity index is 2.30. The summed E-state index contributed by atoms with van der Waals surface area (Å²) in [6, 6.07) is 6.39. The molecule has 2 rings (SSSR count). The van der Waals surface area contributed by atoms with Gasteiger partial charge in [0.2, 0.25) is 0 Å². The Morgan fingerprint density at radius 1 is 1.33 bits per heavy atom. The van der Waals surface area contributed by atoms with Crippen molar-refractivity contribution in [2.45, 2.75) is 46.0 Å². The third-order valence-corrected chi connectivity index (χ3v) is 3.50. The number of benzene rings is 1. The lowest BCUT2D eigenvalue weighted by atomic mass is 10.1. The van der Waals surface area contributed by atoms with E-state index in [0.29, 0.717) is 5.88 Å². The van der Waals surface area contributed by atoms with Crippen LogP contribution in [0.5, 0.6) is 0 Å². The fourth-order valence-corrected chi connectivity index (χ4v) is 2.50. The number of aryl methyl sites for hydroxylation is 2. The summed E-state index contributed by atoms with van der Waals surface area (Å²) in [5, 5.41) is 0. The summed E-state index contributed by atoms with van der Waals surface area (Å²) in [4.78, 5) is 4.60. The van der Waals surface area contributed by atoms with Crippen LogP contribution in [0, 0.1) is 12.8 Å². The number of aromatic nitrogens is 2. The minimum atomic E-state index is 0.482. The summed E-state index contributed by atoms with van der Waals surface area (Å²) in [6.07, 6.45) is 2.42. The van der Waals surface area contributed by atoms with Crippen LogP contribution in [-0.4, -0.2) is 9.55 Å². The van der Waals surface area contributed by atoms with Gasteiger partial charge in [0, 0.05) is 6.54 Å². The van der Waals surface area contributed by atoms with Crippen molar-refractivity contribution in [2.75, 3.05) is 0 Å². The molecule has 0 aliphatic rings. The Labute approximate surface area is 114 Å². The average molecular weight is 265 g/mol. The zero-order valence-corrected chi connectivity index (χ0v) is 12.2. The van der Waals surface area contributed by atoms with Gasteiger partial charge in [-0.15, -0.1) is 11.6 Å². The van der Waals surface area contributed by atoms with E-state index in [0.717, 1.165) is 23.8 Å². The quantitative estimate of drug-likeness (QED) is 0.726. The lowest BCUT2D eigenvalue weighted by Gasteiger charge is -2.09. The molecule has 1 heterocycles. The first-order chi connectivity index (χ1) is 8.61. The Hall–Kier alpha value is -1.02. The zero-order chi connectivity index (χ0) is 13.1. The summed E-state index contributed by atoms with van der Waals surface area (Å²) < 4.78 is 2.28. The highest BCUT2D eigenvalue weighted by atomic mass is 35.5. The van der Waals surface area contributed by atoms with E-state index in [1.54, 1.807) is 0 Å². The molecule has 0 aliphatic heterocycles. The molecule has 2 aromatic rings. The summed E-state index contributed by atoms with van der Waals surface area (Å²) in [7, 11) is 0. The predicted octanol–water partition coefficient (Wildman–Crippen LogP) is 4.52. The molecule has 1 aromatic heterocycles. The first-order valence-corrected chi connectivity index (χ1v) is 7.17. The van der Waals surface area contributed by atoms with Gasteiger partial charge < -0.3 is 4.57 Å². The van der Waals surface area contributed by atoms with Crippen molar-refractivity contribution in [3.63, 3.8) is 0 Å². The van der Waals surface area contributed by atoms with Crippen LogP contribution in [0.1, 0.15) is 38.1 Å². The highest BCUT2D eigenvalue weighted by molar-refractivity contribution is 6.16. The summed E-state index contributed by atoms with van der Waals surface area (Å²) in [5.41, 5.74) is 3.55. The molecule has 0 unspecified atom stereocenters. The van der Waals surface area contributed by atoms with Gasteiger partial charge in [-0.2, -0.15) is 0 Å². The van der Waals surface area contributed by atoms with Gasteiger partial charge in [0.05, 0.1) is 16.9 Å². The molecule has 0 saturated carbocycles. The van der Waals surface area contributed by atoms with Gasteiger partial charge in [0.1, 0.15) is 5.82 Å². The maximum absolute atomic E-state index is 6.00. The van der Waals surface area contributed by atoms with Crippen LogP contribution < -0.4 is 0 Å². The fourth-order valence-electron chi connectivity index (χ4n) is 2.29. The third kappa shape index (κ3) is 2.86. The first kappa shape index (κ1) is 13.4. The lowest BCUT2D eigenvalue weighted by molar-refractivity contribution is 0.512. The molecule has 0 saturated heterocycles. The van der Waals surface area contributed by atoms with Crippen LogP contribution in [0.25, 0.3) is 11.0 Å². The number of hydrogen-bond donors (Lipinski definition) is 0. The standard InChI is InChI=1S/C15H21ClN2/c1-11(2)5-4-8-18-14-9-12(3)6-7-13(14)17-15(18)10-16/h6-7,9,11H,4-5,8,10H2,1-3H3. The highest BCUT2D eigenvalue weighted by Crippen LogP contribution is 2.20. The molecular formula is C15H21ClN2. The number of fused-ring (bicyclic) bond motifs is 1. The van der Waals surface area contributed by atoms with Crippen molar-refractivity contribution in [3.05, 3.63) is 29.6 Å². The van der Waals surface area contributed by atoms with Crippen LogP contribution in [0.4, 0.5) is 0 Å². The van der Waals surface area contributed by atoms with E-state index in [2.05, 4.69) is 48.5 Å². The second-order valence-electron chi connectivity index (χ2n) is 5.34. The van der Waals surface area contributed by atoms with E-state index in [4.69, 9.17) is 11.6 Å². The van der Waals surface area contributed by atoms with Crippen molar-refractivity contribution in [2.24, 2.45) is 5.92 Å². The van der Waals surface area contributed by atoms with Crippen LogP contribution in [-0.2, 0) is 12.4 Å². The van der Waals surface area contributed by atoms with E-state index in [9.17, 15) is 0 Å². The summed E-state index contributed by atoms with van der Waals surface area (Å²) in [6.45, 7) is 7.66. The van der Waals surface area contributed by atoms with Crippen molar-refractivity contribution < 1.29 is 0 Å². The normalized spacial score (nSPS) is 11.6. The summed E-state index contributed by atoms with van der Waals surface area (Å²) in [5.74, 6) is 2.22. The first-order valence-electron chi connectivity index (χ1n) is 6.63. The van der Waals surface area contributed by atoms with Crippen LogP contribution >= 0.6 is 11.6 Å². The minimum absolute atomic E-state index is 0.482. The summed E-state index contributed by atoms with van der Waals surface area (Å²) >= 11 is 6.00. The molecule has 0 fully saturated rings. The number of nitrogens with zero attached hydrogens (tertiary/aromatic N) is 2. The highest BCUT2D eigenvalue weighted by Gasteiger charge is 2.09. The molecule has 0 radical (unpaired) electrons. The largest absolute Gasteiger partial charge is 0.327 e. The van der Waals surface area contributed by atoms with Gasteiger partial charge in [-0.1, -0.05) is 19.9 Å². The maximum atomic E-state index is 6.00. The number of imidazole rings is 1. The molecule has 3 heteroatoms. The second-order valence-corrected chi connectivity index (χ2v) is 5.61. The maximum Gasteiger partial charge on any atom is 0.124 e. The molecule has 0 bridgehead atoms. The fraction of sp³-hybridized carbons (Fsp3) is 0.533. The predicted molar refractivity (Wildman–Crippen MR) is 78.1 cm³/mol. The SMILES string of the molecule is Cc1ccc2nc(CCl)n(CCCC(C)C)c2c1. The molecule has 0 N–H and O–H groups in total. The molecule has 98 valence electrons. The smallest absolute Gasteiger partial charge is 0.124 e. The van der Waals surface area contributed by atoms with Gasteiger partial charge >= 0.3 is 0 Å². The molecule has 0 atom stereocenters. The van der Waals surface area contributed by atoms with Crippen molar-refractivity contribution >= 4 is 22.6 Å². The van der Waals surface area contributed by atoms with E-state index < -0.39 is 0 Å². The van der Waals surface area contributed by atoms with Gasteiger partial charge in [-0.25, -0.2) is 4.98 Å². The molecule has 1 aromatic carbocycles. The van der Waals surface area contributed by atoms with Crippen LogP contribution in [0.15, 0.2) is 18.2 Å². The van der Waals surface area contributed by atoms with Crippen molar-refractivity contribution in [1.29, 1.82) is 0 Å². The molecule has 2 nitrogen and oxygen atoms in total. The van der Waals surface area contributed by atoms with E-state index in [1.165, 1.54) is 23.9 Å². The molecule has 0 aliphatic carbocycles. The van der Waals surface area contributed by atoms with E-state index >= 15 is 0 Å². The number of halogens is 1. The van der Waals surface area contributed by atoms with Gasteiger partial charge in [-0.3, -0.25) is 0 Å². The number of alkyl halides is 1. The third-order valence-electron chi connectivity index (χ3n) is 3.27. The molecule has 0 spiro atoms. The Morgan fingerprint density at radius 3 is 2.78 bits per heavy atom. The second kappa shape index (κ2) is 5.75. The number of hydrogen-bond acceptors (Lipinski definition) is 1. The van der Waals surface area contributed by atoms with Crippen LogP contribution in [0.3, 0.4) is 0 Å². The van der Waals surface area contributed by atoms with Gasteiger partial charge in [0.25, 0.3) is 0 Å². The van der Waals surface area contributed by atoms with Crippen molar-refractivity contribution in [3.8, 4) is 0 Å².